The quantitative estimate of drug-likeness (QED) is 0.514. The first-order chi connectivity index (χ1) is 12.7. The molecule has 144 valence electrons. The Kier molecular flexibility index (Phi) is 8.96. The van der Waals surface area contributed by atoms with Gasteiger partial charge in [0.15, 0.2) is 0 Å². The van der Waals surface area contributed by atoms with E-state index in [1.165, 1.54) is 5.69 Å². The second kappa shape index (κ2) is 11.5. The topological polar surface area (TPSA) is 61.9 Å². The molecule has 1 fully saturated rings. The molecule has 2 amide bonds. The summed E-state index contributed by atoms with van der Waals surface area (Å²) in [5.41, 5.74) is 3.63. The zero-order valence-electron chi connectivity index (χ0n) is 15.8. The number of piperazine rings is 1. The van der Waals surface area contributed by atoms with E-state index < -0.39 is 0 Å². The Morgan fingerprint density at radius 1 is 0.962 bits per heavy atom. The van der Waals surface area contributed by atoms with E-state index in [4.69, 9.17) is 4.84 Å². The van der Waals surface area contributed by atoms with Crippen LogP contribution in [0.4, 0.5) is 5.69 Å². The summed E-state index contributed by atoms with van der Waals surface area (Å²) < 4.78 is 0. The third-order valence-electron chi connectivity index (χ3n) is 4.63. The SMILES string of the molecule is CCONC(=O)CCCCCCC(=O)N1CCN(c2ccccc2)CC1. The normalized spacial score (nSPS) is 14.3. The molecule has 0 spiro atoms. The van der Waals surface area contributed by atoms with Gasteiger partial charge in [-0.1, -0.05) is 31.0 Å². The van der Waals surface area contributed by atoms with Crippen LogP contribution < -0.4 is 10.4 Å². The lowest BCUT2D eigenvalue weighted by Gasteiger charge is -2.36. The van der Waals surface area contributed by atoms with E-state index >= 15 is 0 Å². The van der Waals surface area contributed by atoms with Gasteiger partial charge in [0.05, 0.1) is 6.61 Å². The van der Waals surface area contributed by atoms with Gasteiger partial charge in [-0.2, -0.15) is 0 Å². The lowest BCUT2D eigenvalue weighted by molar-refractivity contribution is -0.133. The maximum atomic E-state index is 12.3. The summed E-state index contributed by atoms with van der Waals surface area (Å²) in [4.78, 5) is 32.9. The third kappa shape index (κ3) is 7.04. The fraction of sp³-hybridized carbons (Fsp3) is 0.600. The predicted molar refractivity (Wildman–Crippen MR) is 103 cm³/mol. The molecule has 0 aromatic heterocycles. The molecule has 1 N–H and O–H groups in total. The number of carbonyl (C=O) groups is 2. The van der Waals surface area contributed by atoms with E-state index in [0.29, 0.717) is 19.4 Å². The van der Waals surface area contributed by atoms with E-state index in [-0.39, 0.29) is 11.8 Å². The molecule has 6 heteroatoms. The molecule has 0 saturated carbocycles. The maximum absolute atomic E-state index is 12.3. The molecule has 0 unspecified atom stereocenters. The highest BCUT2D eigenvalue weighted by atomic mass is 16.6. The lowest BCUT2D eigenvalue weighted by atomic mass is 10.1. The number of hydrogen-bond acceptors (Lipinski definition) is 4. The number of amides is 2. The number of para-hydroxylation sites is 1. The van der Waals surface area contributed by atoms with Crippen LogP contribution in [0.15, 0.2) is 30.3 Å². The van der Waals surface area contributed by atoms with Crippen LogP contribution >= 0.6 is 0 Å². The third-order valence-corrected chi connectivity index (χ3v) is 4.63. The number of nitrogens with zero attached hydrogens (tertiary/aromatic N) is 2. The van der Waals surface area contributed by atoms with Gasteiger partial charge in [-0.3, -0.25) is 14.4 Å². The Hall–Kier alpha value is -2.08. The van der Waals surface area contributed by atoms with Crippen molar-refractivity contribution in [1.82, 2.24) is 10.4 Å². The van der Waals surface area contributed by atoms with E-state index in [2.05, 4.69) is 22.5 Å². The van der Waals surface area contributed by atoms with Crippen LogP contribution in [0.25, 0.3) is 0 Å². The summed E-state index contributed by atoms with van der Waals surface area (Å²) >= 11 is 0. The van der Waals surface area contributed by atoms with Crippen LogP contribution in [-0.4, -0.2) is 49.5 Å². The summed E-state index contributed by atoms with van der Waals surface area (Å²) in [6, 6.07) is 10.4. The molecule has 26 heavy (non-hydrogen) atoms. The molecule has 0 atom stereocenters. The van der Waals surface area contributed by atoms with Crippen LogP contribution in [-0.2, 0) is 14.4 Å². The molecule has 1 heterocycles. The average molecular weight is 361 g/mol. The van der Waals surface area contributed by atoms with E-state index in [9.17, 15) is 9.59 Å². The van der Waals surface area contributed by atoms with Crippen molar-refractivity contribution in [2.75, 3.05) is 37.7 Å². The minimum Gasteiger partial charge on any atom is -0.368 e. The van der Waals surface area contributed by atoms with Crippen molar-refractivity contribution >= 4 is 17.5 Å². The summed E-state index contributed by atoms with van der Waals surface area (Å²) in [6.07, 6.45) is 4.77. The monoisotopic (exact) mass is 361 g/mol. The smallest absolute Gasteiger partial charge is 0.243 e. The zero-order valence-corrected chi connectivity index (χ0v) is 15.8. The van der Waals surface area contributed by atoms with Crippen LogP contribution in [0.5, 0.6) is 0 Å². The largest absolute Gasteiger partial charge is 0.368 e. The highest BCUT2D eigenvalue weighted by molar-refractivity contribution is 5.76. The minimum absolute atomic E-state index is 0.0702. The van der Waals surface area contributed by atoms with Crippen molar-refractivity contribution < 1.29 is 14.4 Å². The molecule has 0 aliphatic carbocycles. The molecule has 1 aliphatic heterocycles. The molecule has 1 aromatic carbocycles. The Bertz CT molecular complexity index is 542. The van der Waals surface area contributed by atoms with Crippen LogP contribution in [0.1, 0.15) is 45.4 Å². The predicted octanol–water partition coefficient (Wildman–Crippen LogP) is 2.74. The Labute approximate surface area is 156 Å². The van der Waals surface area contributed by atoms with Gasteiger partial charge in [-0.25, -0.2) is 5.48 Å². The van der Waals surface area contributed by atoms with E-state index in [0.717, 1.165) is 51.9 Å². The van der Waals surface area contributed by atoms with Crippen molar-refractivity contribution in [2.24, 2.45) is 0 Å². The minimum atomic E-state index is -0.0702. The summed E-state index contributed by atoms with van der Waals surface area (Å²) in [5.74, 6) is 0.186. The summed E-state index contributed by atoms with van der Waals surface area (Å²) in [5, 5.41) is 0. The number of unbranched alkanes of at least 4 members (excludes halogenated alkanes) is 3. The number of benzene rings is 1. The molecule has 1 aliphatic rings. The first-order valence-corrected chi connectivity index (χ1v) is 9.69. The van der Waals surface area contributed by atoms with Crippen molar-refractivity contribution in [3.8, 4) is 0 Å². The highest BCUT2D eigenvalue weighted by Gasteiger charge is 2.20. The van der Waals surface area contributed by atoms with Crippen molar-refractivity contribution in [3.05, 3.63) is 30.3 Å². The number of hydroxylamine groups is 1. The van der Waals surface area contributed by atoms with Crippen LogP contribution in [0.2, 0.25) is 0 Å². The molecular formula is C20H31N3O3. The van der Waals surface area contributed by atoms with Crippen LogP contribution in [0, 0.1) is 0 Å². The van der Waals surface area contributed by atoms with Crippen LogP contribution in [0.3, 0.4) is 0 Å². The fourth-order valence-corrected chi connectivity index (χ4v) is 3.13. The van der Waals surface area contributed by atoms with E-state index in [1.807, 2.05) is 30.0 Å². The first kappa shape index (κ1) is 20.2. The number of carbonyl (C=O) groups excluding carboxylic acids is 2. The fourth-order valence-electron chi connectivity index (χ4n) is 3.13. The second-order valence-corrected chi connectivity index (χ2v) is 6.58. The molecule has 6 nitrogen and oxygen atoms in total. The van der Waals surface area contributed by atoms with Crippen molar-refractivity contribution in [3.63, 3.8) is 0 Å². The molecule has 1 aromatic rings. The number of hydrogen-bond donors (Lipinski definition) is 1. The van der Waals surface area contributed by atoms with Gasteiger partial charge in [0.1, 0.15) is 0 Å². The summed E-state index contributed by atoms with van der Waals surface area (Å²) in [6.45, 7) is 5.69. The first-order valence-electron chi connectivity index (χ1n) is 9.69. The van der Waals surface area contributed by atoms with Gasteiger partial charge in [-0.15, -0.1) is 0 Å². The Morgan fingerprint density at radius 3 is 2.27 bits per heavy atom. The molecule has 2 rings (SSSR count). The zero-order chi connectivity index (χ0) is 18.6. The molecule has 0 radical (unpaired) electrons. The van der Waals surface area contributed by atoms with Gasteiger partial charge in [0, 0.05) is 44.7 Å². The number of anilines is 1. The van der Waals surface area contributed by atoms with Gasteiger partial charge < -0.3 is 9.80 Å². The Morgan fingerprint density at radius 2 is 1.62 bits per heavy atom. The highest BCUT2D eigenvalue weighted by Crippen LogP contribution is 2.16. The standard InChI is InChI=1S/C20H31N3O3/c1-2-26-21-19(24)12-8-3-4-9-13-20(25)23-16-14-22(15-17-23)18-10-6-5-7-11-18/h5-7,10-11H,2-4,8-9,12-17H2,1H3,(H,21,24). The van der Waals surface area contributed by atoms with E-state index in [1.54, 1.807) is 0 Å². The number of rotatable bonds is 10. The number of nitrogens with one attached hydrogen (secondary N) is 1. The van der Waals surface area contributed by atoms with Gasteiger partial charge in [0.25, 0.3) is 0 Å². The van der Waals surface area contributed by atoms with Gasteiger partial charge >= 0.3 is 0 Å². The second-order valence-electron chi connectivity index (χ2n) is 6.58. The average Bonchev–Trinajstić information content (AvgIpc) is 2.69. The van der Waals surface area contributed by atoms with Crippen molar-refractivity contribution in [1.29, 1.82) is 0 Å². The van der Waals surface area contributed by atoms with Gasteiger partial charge in [-0.05, 0) is 31.9 Å². The van der Waals surface area contributed by atoms with Gasteiger partial charge in [0.2, 0.25) is 11.8 Å². The van der Waals surface area contributed by atoms with Crippen molar-refractivity contribution in [2.45, 2.75) is 45.4 Å². The maximum Gasteiger partial charge on any atom is 0.243 e. The summed E-state index contributed by atoms with van der Waals surface area (Å²) in [7, 11) is 0. The Balaban J connectivity index is 1.53. The molecule has 1 saturated heterocycles. The molecule has 0 bridgehead atoms. The molecular weight excluding hydrogens is 330 g/mol. The lowest BCUT2D eigenvalue weighted by Crippen LogP contribution is -2.48.